The van der Waals surface area contributed by atoms with Gasteiger partial charge in [-0.3, -0.25) is 9.69 Å². The number of amides is 3. The van der Waals surface area contributed by atoms with Gasteiger partial charge in [-0.25, -0.2) is 9.59 Å². The fourth-order valence-corrected chi connectivity index (χ4v) is 2.92. The molecule has 2 aliphatic rings. The topological polar surface area (TPSA) is 90.0 Å². The maximum atomic E-state index is 12.5. The summed E-state index contributed by atoms with van der Waals surface area (Å²) in [6, 6.07) is -1.25. The van der Waals surface area contributed by atoms with Crippen LogP contribution in [-0.2, 0) is 9.59 Å². The minimum atomic E-state index is -1.09. The van der Waals surface area contributed by atoms with E-state index in [4.69, 9.17) is 0 Å². The molecule has 0 bridgehead atoms. The monoisotopic (exact) mass is 283 g/mol. The Morgan fingerprint density at radius 2 is 2.00 bits per heavy atom. The Labute approximate surface area is 117 Å². The highest BCUT2D eigenvalue weighted by Gasteiger charge is 2.39. The van der Waals surface area contributed by atoms with Crippen LogP contribution in [0.2, 0.25) is 0 Å². The van der Waals surface area contributed by atoms with Gasteiger partial charge >= 0.3 is 12.0 Å². The van der Waals surface area contributed by atoms with Crippen LogP contribution in [0.4, 0.5) is 4.79 Å². The normalized spacial score (nSPS) is 30.9. The zero-order valence-corrected chi connectivity index (χ0v) is 11.8. The Morgan fingerprint density at radius 1 is 1.30 bits per heavy atom. The third-order valence-corrected chi connectivity index (χ3v) is 4.10. The third kappa shape index (κ3) is 2.86. The fraction of sp³-hybridized carbons (Fsp3) is 0.769. The van der Waals surface area contributed by atoms with Crippen LogP contribution in [-0.4, -0.2) is 64.5 Å². The summed E-state index contributed by atoms with van der Waals surface area (Å²) in [5, 5.41) is 11.7. The molecule has 0 saturated carbocycles. The molecule has 0 aromatic heterocycles. The van der Waals surface area contributed by atoms with E-state index in [1.165, 1.54) is 4.90 Å². The third-order valence-electron chi connectivity index (χ3n) is 4.10. The fourth-order valence-electron chi connectivity index (χ4n) is 2.92. The van der Waals surface area contributed by atoms with Crippen molar-refractivity contribution >= 4 is 17.9 Å². The van der Waals surface area contributed by atoms with Crippen LogP contribution in [0.3, 0.4) is 0 Å². The van der Waals surface area contributed by atoms with Gasteiger partial charge in [0.05, 0.1) is 0 Å². The molecule has 0 radical (unpaired) electrons. The molecule has 0 spiro atoms. The molecule has 3 amide bonds. The SMILES string of the molecule is CC1CCN(C(=O)N2CC(=O)NCC2C(=O)O)C(C)C1. The van der Waals surface area contributed by atoms with Crippen molar-refractivity contribution in [1.82, 2.24) is 15.1 Å². The van der Waals surface area contributed by atoms with Crippen molar-refractivity contribution in [2.45, 2.75) is 38.8 Å². The molecule has 0 aromatic carbocycles. The molecule has 2 heterocycles. The molecule has 0 aliphatic carbocycles. The second kappa shape index (κ2) is 5.68. The lowest BCUT2D eigenvalue weighted by molar-refractivity contribution is -0.144. The highest BCUT2D eigenvalue weighted by Crippen LogP contribution is 2.24. The van der Waals surface area contributed by atoms with Crippen molar-refractivity contribution < 1.29 is 19.5 Å². The van der Waals surface area contributed by atoms with Gasteiger partial charge in [-0.2, -0.15) is 0 Å². The molecule has 3 unspecified atom stereocenters. The van der Waals surface area contributed by atoms with Gasteiger partial charge in [-0.05, 0) is 25.7 Å². The van der Waals surface area contributed by atoms with Gasteiger partial charge in [0, 0.05) is 19.1 Å². The lowest BCUT2D eigenvalue weighted by atomic mass is 9.93. The number of carbonyl (C=O) groups excluding carboxylic acids is 2. The molecule has 2 saturated heterocycles. The first-order valence-electron chi connectivity index (χ1n) is 6.97. The van der Waals surface area contributed by atoms with Crippen molar-refractivity contribution in [2.75, 3.05) is 19.6 Å². The van der Waals surface area contributed by atoms with Crippen LogP contribution in [0.15, 0.2) is 0 Å². The number of nitrogens with zero attached hydrogens (tertiary/aromatic N) is 2. The van der Waals surface area contributed by atoms with Crippen LogP contribution in [0.5, 0.6) is 0 Å². The van der Waals surface area contributed by atoms with Crippen molar-refractivity contribution in [3.05, 3.63) is 0 Å². The van der Waals surface area contributed by atoms with E-state index in [0.717, 1.165) is 12.8 Å². The number of aliphatic carboxylic acids is 1. The van der Waals surface area contributed by atoms with E-state index in [0.29, 0.717) is 12.5 Å². The predicted octanol–water partition coefficient (Wildman–Crippen LogP) is 0.112. The maximum absolute atomic E-state index is 12.5. The molecule has 2 N–H and O–H groups in total. The standard InChI is InChI=1S/C13H21N3O4/c1-8-3-4-15(9(2)5-8)13(20)16-7-11(17)14-6-10(16)12(18)19/h8-10H,3-7H2,1-2H3,(H,14,17)(H,18,19). The summed E-state index contributed by atoms with van der Waals surface area (Å²) < 4.78 is 0. The number of likely N-dealkylation sites (tertiary alicyclic amines) is 1. The number of rotatable bonds is 1. The molecule has 2 fully saturated rings. The second-order valence-corrected chi connectivity index (χ2v) is 5.74. The molecule has 3 atom stereocenters. The molecule has 2 rings (SSSR count). The summed E-state index contributed by atoms with van der Waals surface area (Å²) in [6.45, 7) is 4.51. The van der Waals surface area contributed by atoms with E-state index in [1.54, 1.807) is 4.90 Å². The number of hydrogen-bond donors (Lipinski definition) is 2. The number of hydrogen-bond acceptors (Lipinski definition) is 3. The van der Waals surface area contributed by atoms with Gasteiger partial charge in [0.2, 0.25) is 5.91 Å². The van der Waals surface area contributed by atoms with E-state index < -0.39 is 12.0 Å². The summed E-state index contributed by atoms with van der Waals surface area (Å²) in [7, 11) is 0. The number of carboxylic acid groups (broad SMARTS) is 1. The summed E-state index contributed by atoms with van der Waals surface area (Å²) in [5.41, 5.74) is 0. The number of carbonyl (C=O) groups is 3. The van der Waals surface area contributed by atoms with Crippen molar-refractivity contribution in [3.8, 4) is 0 Å². The van der Waals surface area contributed by atoms with E-state index >= 15 is 0 Å². The van der Waals surface area contributed by atoms with Gasteiger partial charge in [0.15, 0.2) is 0 Å². The van der Waals surface area contributed by atoms with Gasteiger partial charge in [0.1, 0.15) is 12.6 Å². The second-order valence-electron chi connectivity index (χ2n) is 5.74. The highest BCUT2D eigenvalue weighted by atomic mass is 16.4. The first-order chi connectivity index (χ1) is 9.40. The Kier molecular flexibility index (Phi) is 4.15. The lowest BCUT2D eigenvalue weighted by Crippen LogP contribution is -2.63. The maximum Gasteiger partial charge on any atom is 0.328 e. The first-order valence-corrected chi connectivity index (χ1v) is 6.97. The van der Waals surface area contributed by atoms with Gasteiger partial charge in [-0.15, -0.1) is 0 Å². The molecule has 7 nitrogen and oxygen atoms in total. The highest BCUT2D eigenvalue weighted by molar-refractivity contribution is 5.90. The molecule has 112 valence electrons. The van der Waals surface area contributed by atoms with Gasteiger partial charge < -0.3 is 15.3 Å². The average Bonchev–Trinajstić information content (AvgIpc) is 2.37. The lowest BCUT2D eigenvalue weighted by Gasteiger charge is -2.42. The van der Waals surface area contributed by atoms with Crippen molar-refractivity contribution in [2.24, 2.45) is 5.92 Å². The Balaban J connectivity index is 2.12. The molecular weight excluding hydrogens is 262 g/mol. The van der Waals surface area contributed by atoms with Crippen LogP contribution in [0.1, 0.15) is 26.7 Å². The summed E-state index contributed by atoms with van der Waals surface area (Å²) in [6.07, 6.45) is 1.82. The average molecular weight is 283 g/mol. The van der Waals surface area contributed by atoms with E-state index in [1.807, 2.05) is 6.92 Å². The van der Waals surface area contributed by atoms with Crippen LogP contribution >= 0.6 is 0 Å². The predicted molar refractivity (Wildman–Crippen MR) is 71.1 cm³/mol. The minimum Gasteiger partial charge on any atom is -0.480 e. The first kappa shape index (κ1) is 14.6. The zero-order chi connectivity index (χ0) is 14.9. The Bertz CT molecular complexity index is 426. The van der Waals surface area contributed by atoms with Crippen LogP contribution < -0.4 is 5.32 Å². The molecule has 7 heteroatoms. The smallest absolute Gasteiger partial charge is 0.328 e. The summed E-state index contributed by atoms with van der Waals surface area (Å²) in [5.74, 6) is -0.834. The molecular formula is C13H21N3O4. The quantitative estimate of drug-likeness (QED) is 0.715. The van der Waals surface area contributed by atoms with E-state index in [2.05, 4.69) is 12.2 Å². The Morgan fingerprint density at radius 3 is 2.60 bits per heavy atom. The molecule has 0 aromatic rings. The molecule has 2 aliphatic heterocycles. The van der Waals surface area contributed by atoms with E-state index in [9.17, 15) is 19.5 Å². The summed E-state index contributed by atoms with van der Waals surface area (Å²) >= 11 is 0. The Hall–Kier alpha value is -1.79. The van der Waals surface area contributed by atoms with E-state index in [-0.39, 0.29) is 31.1 Å². The summed E-state index contributed by atoms with van der Waals surface area (Å²) in [4.78, 5) is 38.1. The van der Waals surface area contributed by atoms with Gasteiger partial charge in [-0.1, -0.05) is 6.92 Å². The van der Waals surface area contributed by atoms with Crippen LogP contribution in [0.25, 0.3) is 0 Å². The number of piperidine rings is 1. The number of urea groups is 1. The van der Waals surface area contributed by atoms with Crippen molar-refractivity contribution in [1.29, 1.82) is 0 Å². The number of piperazine rings is 1. The van der Waals surface area contributed by atoms with Crippen LogP contribution in [0, 0.1) is 5.92 Å². The van der Waals surface area contributed by atoms with Crippen molar-refractivity contribution in [3.63, 3.8) is 0 Å². The van der Waals surface area contributed by atoms with Gasteiger partial charge in [0.25, 0.3) is 0 Å². The molecule has 20 heavy (non-hydrogen) atoms. The largest absolute Gasteiger partial charge is 0.480 e. The number of carboxylic acids is 1. The minimum absolute atomic E-state index is 0.0292. The number of nitrogens with one attached hydrogen (secondary N) is 1. The zero-order valence-electron chi connectivity index (χ0n) is 11.8.